The van der Waals surface area contributed by atoms with E-state index < -0.39 is 8.88 Å². The fourth-order valence-electron chi connectivity index (χ4n) is 2.52. The third kappa shape index (κ3) is 5.15. The molecule has 0 aromatic heterocycles. The summed E-state index contributed by atoms with van der Waals surface area (Å²) in [4.78, 5) is 0. The minimum atomic E-state index is -2.41. The van der Waals surface area contributed by atoms with Crippen molar-refractivity contribution in [2.75, 3.05) is 40.4 Å². The third-order valence-electron chi connectivity index (χ3n) is 3.66. The highest BCUT2D eigenvalue weighted by molar-refractivity contribution is 6.61. The van der Waals surface area contributed by atoms with E-state index in [1.54, 1.807) is 14.2 Å². The molecular formula is C14H34N2O2Si. The summed E-state index contributed by atoms with van der Waals surface area (Å²) in [5.41, 5.74) is 0. The third-order valence-corrected chi connectivity index (χ3v) is 7.40. The van der Waals surface area contributed by atoms with Crippen LogP contribution in [-0.4, -0.2) is 58.4 Å². The summed E-state index contributed by atoms with van der Waals surface area (Å²) in [6.07, 6.45) is 4.82. The van der Waals surface area contributed by atoms with Crippen LogP contribution in [0.2, 0.25) is 0 Å². The van der Waals surface area contributed by atoms with Gasteiger partial charge >= 0.3 is 8.88 Å². The van der Waals surface area contributed by atoms with E-state index >= 15 is 0 Å². The van der Waals surface area contributed by atoms with Gasteiger partial charge < -0.3 is 8.85 Å². The molecule has 0 aromatic carbocycles. The lowest BCUT2D eigenvalue weighted by Crippen LogP contribution is -2.69. The number of hydrogen-bond donors (Lipinski definition) is 0. The topological polar surface area (TPSA) is 24.9 Å². The molecule has 4 nitrogen and oxygen atoms in total. The molecule has 0 aliphatic heterocycles. The van der Waals surface area contributed by atoms with Gasteiger partial charge in [0.25, 0.3) is 0 Å². The van der Waals surface area contributed by atoms with Gasteiger partial charge in [-0.1, -0.05) is 40.5 Å². The first-order valence-electron chi connectivity index (χ1n) is 7.77. The SMILES string of the molecule is CCCCN(CCCC)[Si](OC)(OC)N(CC)CC. The maximum Gasteiger partial charge on any atom is 0.521 e. The van der Waals surface area contributed by atoms with Crippen LogP contribution in [-0.2, 0) is 8.85 Å². The molecule has 0 aliphatic carbocycles. The Morgan fingerprint density at radius 2 is 1.16 bits per heavy atom. The number of nitrogens with zero attached hydrogens (tertiary/aromatic N) is 2. The van der Waals surface area contributed by atoms with Crippen LogP contribution in [0.5, 0.6) is 0 Å². The zero-order valence-electron chi connectivity index (χ0n) is 13.9. The van der Waals surface area contributed by atoms with Crippen molar-refractivity contribution in [2.45, 2.75) is 53.4 Å². The second kappa shape index (κ2) is 10.8. The van der Waals surface area contributed by atoms with Gasteiger partial charge in [-0.25, -0.2) is 0 Å². The van der Waals surface area contributed by atoms with Crippen LogP contribution in [0.3, 0.4) is 0 Å². The van der Waals surface area contributed by atoms with E-state index in [0.717, 1.165) is 26.2 Å². The molecule has 0 unspecified atom stereocenters. The standard InChI is InChI=1S/C14H34N2O2Si/c1-7-11-13-16(14-12-8-2)19(17-5,18-6)15(9-3)10-4/h7-14H2,1-6H3. The van der Waals surface area contributed by atoms with Gasteiger partial charge in [0.15, 0.2) is 0 Å². The quantitative estimate of drug-likeness (QED) is 0.516. The molecule has 0 amide bonds. The Kier molecular flexibility index (Phi) is 10.8. The van der Waals surface area contributed by atoms with Gasteiger partial charge in [-0.3, -0.25) is 9.13 Å². The fourth-order valence-corrected chi connectivity index (χ4v) is 5.80. The van der Waals surface area contributed by atoms with Crippen LogP contribution in [0, 0.1) is 0 Å². The van der Waals surface area contributed by atoms with Crippen LogP contribution in [0.4, 0.5) is 0 Å². The van der Waals surface area contributed by atoms with Gasteiger partial charge in [0.2, 0.25) is 0 Å². The van der Waals surface area contributed by atoms with E-state index in [1.807, 2.05) is 0 Å². The van der Waals surface area contributed by atoms with Gasteiger partial charge in [-0.05, 0) is 39.0 Å². The van der Waals surface area contributed by atoms with Crippen molar-refractivity contribution < 1.29 is 8.85 Å². The monoisotopic (exact) mass is 290 g/mol. The first-order valence-corrected chi connectivity index (χ1v) is 9.48. The van der Waals surface area contributed by atoms with Crippen LogP contribution < -0.4 is 0 Å². The second-order valence-corrected chi connectivity index (χ2v) is 8.00. The Bertz CT molecular complexity index is 202. The Hall–Kier alpha value is 0.0569. The van der Waals surface area contributed by atoms with Gasteiger partial charge in [0, 0.05) is 14.2 Å². The Morgan fingerprint density at radius 1 is 0.737 bits per heavy atom. The normalized spacial score (nSPS) is 12.6. The lowest BCUT2D eigenvalue weighted by Gasteiger charge is -2.43. The summed E-state index contributed by atoms with van der Waals surface area (Å²) in [6, 6.07) is 0. The zero-order valence-corrected chi connectivity index (χ0v) is 14.9. The lowest BCUT2D eigenvalue weighted by molar-refractivity contribution is 0.0952. The molecule has 116 valence electrons. The molecule has 0 atom stereocenters. The summed E-state index contributed by atoms with van der Waals surface area (Å²) in [6.45, 7) is 12.9. The molecule has 0 saturated carbocycles. The molecule has 0 bridgehead atoms. The predicted molar refractivity (Wildman–Crippen MR) is 84.1 cm³/mol. The Morgan fingerprint density at radius 3 is 1.42 bits per heavy atom. The fraction of sp³-hybridized carbons (Fsp3) is 1.00. The van der Waals surface area contributed by atoms with E-state index in [4.69, 9.17) is 8.85 Å². The molecule has 0 fully saturated rings. The summed E-state index contributed by atoms with van der Waals surface area (Å²) in [5, 5.41) is 0. The largest absolute Gasteiger partial charge is 0.521 e. The highest BCUT2D eigenvalue weighted by atomic mass is 28.4. The number of hydrogen-bond acceptors (Lipinski definition) is 4. The summed E-state index contributed by atoms with van der Waals surface area (Å²) in [7, 11) is 1.20. The molecule has 0 saturated heterocycles. The predicted octanol–water partition coefficient (Wildman–Crippen LogP) is 2.96. The Labute approximate surface area is 121 Å². The molecule has 0 aromatic rings. The maximum absolute atomic E-state index is 5.96. The first-order chi connectivity index (χ1) is 9.16. The number of unbranched alkanes of at least 4 members (excludes halogenated alkanes) is 2. The summed E-state index contributed by atoms with van der Waals surface area (Å²) < 4.78 is 16.8. The highest BCUT2D eigenvalue weighted by Crippen LogP contribution is 2.19. The average molecular weight is 291 g/mol. The lowest BCUT2D eigenvalue weighted by atomic mass is 10.3. The van der Waals surface area contributed by atoms with Crippen molar-refractivity contribution in [1.29, 1.82) is 0 Å². The van der Waals surface area contributed by atoms with Crippen LogP contribution in [0.15, 0.2) is 0 Å². The second-order valence-electron chi connectivity index (χ2n) is 4.82. The van der Waals surface area contributed by atoms with Gasteiger partial charge in [-0.2, -0.15) is 0 Å². The molecule has 0 heterocycles. The summed E-state index contributed by atoms with van der Waals surface area (Å²) >= 11 is 0. The first kappa shape index (κ1) is 19.1. The van der Waals surface area contributed by atoms with Crippen LogP contribution >= 0.6 is 0 Å². The molecule has 0 aliphatic rings. The van der Waals surface area contributed by atoms with E-state index in [1.165, 1.54) is 25.7 Å². The van der Waals surface area contributed by atoms with Crippen molar-refractivity contribution in [3.63, 3.8) is 0 Å². The molecular weight excluding hydrogens is 256 g/mol. The van der Waals surface area contributed by atoms with E-state index in [9.17, 15) is 0 Å². The van der Waals surface area contributed by atoms with E-state index in [-0.39, 0.29) is 0 Å². The zero-order chi connectivity index (χ0) is 14.7. The minimum absolute atomic E-state index is 0.971. The van der Waals surface area contributed by atoms with Crippen molar-refractivity contribution in [2.24, 2.45) is 0 Å². The molecule has 19 heavy (non-hydrogen) atoms. The van der Waals surface area contributed by atoms with Crippen molar-refractivity contribution in [3.8, 4) is 0 Å². The minimum Gasteiger partial charge on any atom is -0.374 e. The number of rotatable bonds is 12. The van der Waals surface area contributed by atoms with Gasteiger partial charge in [-0.15, -0.1) is 0 Å². The van der Waals surface area contributed by atoms with E-state index in [0.29, 0.717) is 0 Å². The van der Waals surface area contributed by atoms with Crippen molar-refractivity contribution in [3.05, 3.63) is 0 Å². The maximum atomic E-state index is 5.96. The Balaban J connectivity index is 5.08. The molecule has 5 heteroatoms. The molecule has 0 radical (unpaired) electrons. The average Bonchev–Trinajstić information content (AvgIpc) is 2.45. The van der Waals surface area contributed by atoms with Crippen molar-refractivity contribution in [1.82, 2.24) is 9.13 Å². The van der Waals surface area contributed by atoms with E-state index in [2.05, 4.69) is 36.8 Å². The highest BCUT2D eigenvalue weighted by Gasteiger charge is 2.48. The van der Waals surface area contributed by atoms with Crippen LogP contribution in [0.1, 0.15) is 53.4 Å². The van der Waals surface area contributed by atoms with Gasteiger partial charge in [0.1, 0.15) is 0 Å². The molecule has 0 rings (SSSR count). The smallest absolute Gasteiger partial charge is 0.374 e. The molecule has 0 N–H and O–H groups in total. The van der Waals surface area contributed by atoms with Crippen molar-refractivity contribution >= 4 is 8.88 Å². The summed E-state index contributed by atoms with van der Waals surface area (Å²) in [5.74, 6) is 0. The van der Waals surface area contributed by atoms with Gasteiger partial charge in [0.05, 0.1) is 0 Å². The molecule has 0 spiro atoms. The van der Waals surface area contributed by atoms with Crippen LogP contribution in [0.25, 0.3) is 0 Å².